The normalized spacial score (nSPS) is 20.0. The van der Waals surface area contributed by atoms with Gasteiger partial charge in [0.25, 0.3) is 15.9 Å². The van der Waals surface area contributed by atoms with Crippen LogP contribution in [0.2, 0.25) is 5.02 Å². The second-order valence-corrected chi connectivity index (χ2v) is 10.8. The first-order valence-electron chi connectivity index (χ1n) is 10.7. The van der Waals surface area contributed by atoms with Crippen LogP contribution in [0.5, 0.6) is 5.75 Å². The molecule has 1 heterocycles. The largest absolute Gasteiger partial charge is 0.488 e. The smallest absolute Gasteiger partial charge is 0.261 e. The summed E-state index contributed by atoms with van der Waals surface area (Å²) in [5.74, 6) is 0.0683. The van der Waals surface area contributed by atoms with E-state index in [0.717, 1.165) is 0 Å². The summed E-state index contributed by atoms with van der Waals surface area (Å²) in [4.78, 5) is 17.1. The Morgan fingerprint density at radius 2 is 1.91 bits per heavy atom. The van der Waals surface area contributed by atoms with E-state index in [4.69, 9.17) is 16.3 Å². The number of nitrogens with one attached hydrogen (secondary N) is 1. The molecule has 2 aromatic carbocycles. The summed E-state index contributed by atoms with van der Waals surface area (Å²) >= 11 is 5.86. The molecule has 180 valence electrons. The molecule has 1 aliphatic rings. The van der Waals surface area contributed by atoms with Crippen molar-refractivity contribution in [1.82, 2.24) is 9.80 Å². The van der Waals surface area contributed by atoms with E-state index in [0.29, 0.717) is 23.9 Å². The Kier molecular flexibility index (Phi) is 7.89. The molecule has 0 saturated carbocycles. The molecule has 0 fully saturated rings. The highest BCUT2D eigenvalue weighted by molar-refractivity contribution is 7.92. The van der Waals surface area contributed by atoms with Gasteiger partial charge in [0, 0.05) is 29.7 Å². The fourth-order valence-corrected chi connectivity index (χ4v) is 4.87. The van der Waals surface area contributed by atoms with Crippen molar-refractivity contribution in [3.8, 4) is 5.75 Å². The molecule has 10 heteroatoms. The molecule has 1 aliphatic heterocycles. The molecule has 0 spiro atoms. The van der Waals surface area contributed by atoms with Crippen molar-refractivity contribution < 1.29 is 23.1 Å². The standard InChI is InChI=1S/C23H30ClN3O5S/c1-15-12-27(16(2)14-28)23(29)20-11-18(7-10-21(20)32-22(15)13-26(3)4)25-33(30,31)19-8-5-17(24)6-9-19/h5-11,15-16,22,25,28H,12-14H2,1-4H3/t15-,16-,22+/m1/s1. The van der Waals surface area contributed by atoms with Crippen LogP contribution in [-0.4, -0.2) is 75.2 Å². The second kappa shape index (κ2) is 10.3. The van der Waals surface area contributed by atoms with Crippen molar-refractivity contribution in [3.05, 3.63) is 53.1 Å². The van der Waals surface area contributed by atoms with Crippen LogP contribution in [-0.2, 0) is 10.0 Å². The van der Waals surface area contributed by atoms with E-state index in [1.165, 1.54) is 30.3 Å². The van der Waals surface area contributed by atoms with E-state index in [1.54, 1.807) is 24.0 Å². The number of rotatable bonds is 7. The van der Waals surface area contributed by atoms with Gasteiger partial charge in [0.15, 0.2) is 0 Å². The van der Waals surface area contributed by atoms with Crippen LogP contribution in [0.15, 0.2) is 47.4 Å². The number of nitrogens with zero attached hydrogens (tertiary/aromatic N) is 2. The minimum absolute atomic E-state index is 0.0154. The van der Waals surface area contributed by atoms with Gasteiger partial charge < -0.3 is 19.6 Å². The predicted octanol–water partition coefficient (Wildman–Crippen LogP) is 2.92. The summed E-state index contributed by atoms with van der Waals surface area (Å²) in [5, 5.41) is 10.2. The molecule has 8 nitrogen and oxygen atoms in total. The van der Waals surface area contributed by atoms with Gasteiger partial charge >= 0.3 is 0 Å². The predicted molar refractivity (Wildman–Crippen MR) is 128 cm³/mol. The van der Waals surface area contributed by atoms with Gasteiger partial charge in [-0.3, -0.25) is 9.52 Å². The number of halogens is 1. The maximum Gasteiger partial charge on any atom is 0.261 e. The van der Waals surface area contributed by atoms with E-state index in [-0.39, 0.29) is 40.7 Å². The number of likely N-dealkylation sites (N-methyl/N-ethyl adjacent to an activating group) is 1. The van der Waals surface area contributed by atoms with Gasteiger partial charge in [-0.1, -0.05) is 18.5 Å². The van der Waals surface area contributed by atoms with Crippen molar-refractivity contribution >= 4 is 33.2 Å². The number of hydrogen-bond acceptors (Lipinski definition) is 6. The van der Waals surface area contributed by atoms with Crippen LogP contribution in [0.4, 0.5) is 5.69 Å². The van der Waals surface area contributed by atoms with Gasteiger partial charge in [-0.2, -0.15) is 0 Å². The number of anilines is 1. The summed E-state index contributed by atoms with van der Waals surface area (Å²) in [7, 11) is 0.0147. The van der Waals surface area contributed by atoms with Gasteiger partial charge in [0.05, 0.1) is 23.1 Å². The Labute approximate surface area is 200 Å². The zero-order valence-electron chi connectivity index (χ0n) is 19.2. The molecule has 33 heavy (non-hydrogen) atoms. The lowest BCUT2D eigenvalue weighted by Crippen LogP contribution is -2.49. The molecule has 3 rings (SSSR count). The maximum atomic E-state index is 13.4. The summed E-state index contributed by atoms with van der Waals surface area (Å²) in [6.07, 6.45) is -0.197. The van der Waals surface area contributed by atoms with Crippen LogP contribution in [0.1, 0.15) is 24.2 Å². The highest BCUT2D eigenvalue weighted by Crippen LogP contribution is 2.31. The van der Waals surface area contributed by atoms with E-state index in [9.17, 15) is 18.3 Å². The summed E-state index contributed by atoms with van der Waals surface area (Å²) in [6, 6.07) is 10.1. The molecule has 1 amide bonds. The number of carbonyl (C=O) groups is 1. The minimum Gasteiger partial charge on any atom is -0.488 e. The lowest BCUT2D eigenvalue weighted by molar-refractivity contribution is 0.0363. The first kappa shape index (κ1) is 25.3. The van der Waals surface area contributed by atoms with Crippen molar-refractivity contribution in [2.45, 2.75) is 30.9 Å². The fraction of sp³-hybridized carbons (Fsp3) is 0.435. The number of ether oxygens (including phenoxy) is 1. The van der Waals surface area contributed by atoms with Gasteiger partial charge in [-0.25, -0.2) is 8.42 Å². The van der Waals surface area contributed by atoms with Gasteiger partial charge in [-0.15, -0.1) is 0 Å². The van der Waals surface area contributed by atoms with E-state index >= 15 is 0 Å². The Morgan fingerprint density at radius 3 is 2.52 bits per heavy atom. The molecule has 0 unspecified atom stereocenters. The van der Waals surface area contributed by atoms with Crippen LogP contribution in [0.3, 0.4) is 0 Å². The number of sulfonamides is 1. The van der Waals surface area contributed by atoms with Crippen LogP contribution >= 0.6 is 11.6 Å². The summed E-state index contributed by atoms with van der Waals surface area (Å²) in [5.41, 5.74) is 0.470. The van der Waals surface area contributed by atoms with Crippen molar-refractivity contribution in [3.63, 3.8) is 0 Å². The number of benzene rings is 2. The van der Waals surface area contributed by atoms with Crippen molar-refractivity contribution in [1.29, 1.82) is 0 Å². The Bertz CT molecular complexity index is 1090. The molecular formula is C23H30ClN3O5S. The molecule has 0 radical (unpaired) electrons. The molecule has 0 aliphatic carbocycles. The summed E-state index contributed by atoms with van der Waals surface area (Å²) < 4.78 is 34.4. The Balaban J connectivity index is 2.00. The lowest BCUT2D eigenvalue weighted by Gasteiger charge is -2.37. The monoisotopic (exact) mass is 495 g/mol. The maximum absolute atomic E-state index is 13.4. The number of hydrogen-bond donors (Lipinski definition) is 2. The van der Waals surface area contributed by atoms with E-state index < -0.39 is 16.1 Å². The van der Waals surface area contributed by atoms with Crippen molar-refractivity contribution in [2.24, 2.45) is 5.92 Å². The Hall–Kier alpha value is -2.33. The third-order valence-electron chi connectivity index (χ3n) is 5.59. The first-order chi connectivity index (χ1) is 15.5. The SMILES string of the molecule is C[C@@H]1CN([C@H](C)CO)C(=O)c2cc(NS(=O)(=O)c3ccc(Cl)cc3)ccc2O[C@H]1CN(C)C. The zero-order valence-corrected chi connectivity index (χ0v) is 20.7. The van der Waals surface area contributed by atoms with E-state index in [2.05, 4.69) is 4.72 Å². The van der Waals surface area contributed by atoms with E-state index in [1.807, 2.05) is 25.9 Å². The third-order valence-corrected chi connectivity index (χ3v) is 7.24. The quantitative estimate of drug-likeness (QED) is 0.612. The fourth-order valence-electron chi connectivity index (χ4n) is 3.69. The number of amides is 1. The third kappa shape index (κ3) is 5.97. The molecular weight excluding hydrogens is 466 g/mol. The van der Waals surface area contributed by atoms with Crippen molar-refractivity contribution in [2.75, 3.05) is 38.5 Å². The number of aliphatic hydroxyl groups is 1. The molecule has 0 aromatic heterocycles. The highest BCUT2D eigenvalue weighted by atomic mass is 35.5. The number of fused-ring (bicyclic) bond motifs is 1. The molecule has 3 atom stereocenters. The molecule has 2 aromatic rings. The average Bonchev–Trinajstić information content (AvgIpc) is 2.76. The van der Waals surface area contributed by atoms with Crippen LogP contribution in [0, 0.1) is 5.92 Å². The van der Waals surface area contributed by atoms with Crippen LogP contribution < -0.4 is 9.46 Å². The molecule has 0 saturated heterocycles. The zero-order chi connectivity index (χ0) is 24.3. The highest BCUT2D eigenvalue weighted by Gasteiger charge is 2.33. The topological polar surface area (TPSA) is 99.2 Å². The second-order valence-electron chi connectivity index (χ2n) is 8.66. The summed E-state index contributed by atoms with van der Waals surface area (Å²) in [6.45, 7) is 4.65. The number of aliphatic hydroxyl groups excluding tert-OH is 1. The van der Waals surface area contributed by atoms with Gasteiger partial charge in [0.1, 0.15) is 11.9 Å². The van der Waals surface area contributed by atoms with Gasteiger partial charge in [-0.05, 0) is 63.5 Å². The number of carbonyl (C=O) groups excluding carboxylic acids is 1. The Morgan fingerprint density at radius 1 is 1.24 bits per heavy atom. The first-order valence-corrected chi connectivity index (χ1v) is 12.5. The minimum atomic E-state index is -3.88. The molecule has 0 bridgehead atoms. The lowest BCUT2D eigenvalue weighted by atomic mass is 9.99. The average molecular weight is 496 g/mol. The molecule has 2 N–H and O–H groups in total. The van der Waals surface area contributed by atoms with Gasteiger partial charge in [0.2, 0.25) is 0 Å². The van der Waals surface area contributed by atoms with Crippen LogP contribution in [0.25, 0.3) is 0 Å².